The van der Waals surface area contributed by atoms with E-state index in [0.717, 1.165) is 30.4 Å². The smallest absolute Gasteiger partial charge is 0.162 e. The molecule has 0 aromatic carbocycles. The molecule has 2 heteroatoms. The molecule has 0 heterocycles. The van der Waals surface area contributed by atoms with Crippen molar-refractivity contribution in [1.82, 2.24) is 0 Å². The second kappa shape index (κ2) is 5.11. The van der Waals surface area contributed by atoms with Crippen molar-refractivity contribution in [3.05, 3.63) is 11.1 Å². The van der Waals surface area contributed by atoms with E-state index in [1.807, 2.05) is 13.8 Å². The Bertz CT molecular complexity index is 318. The van der Waals surface area contributed by atoms with E-state index in [1.54, 1.807) is 0 Å². The van der Waals surface area contributed by atoms with Crippen molar-refractivity contribution in [2.45, 2.75) is 46.5 Å². The van der Waals surface area contributed by atoms with Crippen molar-refractivity contribution >= 4 is 5.78 Å². The Labute approximate surface area is 92.0 Å². The van der Waals surface area contributed by atoms with Crippen LogP contribution in [0.15, 0.2) is 11.1 Å². The summed E-state index contributed by atoms with van der Waals surface area (Å²) in [5.74, 6) is 0.821. The second-order valence-corrected chi connectivity index (χ2v) is 4.66. The van der Waals surface area contributed by atoms with Crippen LogP contribution in [0.4, 0.5) is 0 Å². The number of rotatable bonds is 2. The summed E-state index contributed by atoms with van der Waals surface area (Å²) in [6.45, 7) is 6.14. The van der Waals surface area contributed by atoms with Gasteiger partial charge in [0.25, 0.3) is 0 Å². The first-order valence-electron chi connectivity index (χ1n) is 5.65. The van der Waals surface area contributed by atoms with E-state index < -0.39 is 0 Å². The van der Waals surface area contributed by atoms with Gasteiger partial charge in [-0.2, -0.15) is 5.26 Å². The van der Waals surface area contributed by atoms with Crippen LogP contribution >= 0.6 is 0 Å². The van der Waals surface area contributed by atoms with Gasteiger partial charge in [0.05, 0.1) is 6.07 Å². The maximum atomic E-state index is 12.1. The van der Waals surface area contributed by atoms with Gasteiger partial charge in [0.15, 0.2) is 5.78 Å². The Morgan fingerprint density at radius 2 is 2.20 bits per heavy atom. The third kappa shape index (κ3) is 2.68. The Hall–Kier alpha value is -1.10. The van der Waals surface area contributed by atoms with E-state index in [1.165, 1.54) is 0 Å². The SMILES string of the molecule is CC(C)=C1CC[C@@H](C)C(CCC#N)C1=O. The van der Waals surface area contributed by atoms with Gasteiger partial charge in [0, 0.05) is 12.3 Å². The molecule has 1 saturated carbocycles. The monoisotopic (exact) mass is 205 g/mol. The van der Waals surface area contributed by atoms with Crippen LogP contribution in [0, 0.1) is 23.2 Å². The average molecular weight is 205 g/mol. The predicted molar refractivity (Wildman–Crippen MR) is 60.1 cm³/mol. The standard InChI is InChI=1S/C13H19NO/c1-9(2)11-7-6-10(3)12(13(11)15)5-4-8-14/h10,12H,4-7H2,1-3H3/t10-,12?/m1/s1. The Morgan fingerprint density at radius 3 is 2.73 bits per heavy atom. The lowest BCUT2D eigenvalue weighted by molar-refractivity contribution is -0.122. The molecule has 0 N–H and O–H groups in total. The molecule has 1 aliphatic rings. The highest BCUT2D eigenvalue weighted by atomic mass is 16.1. The molecule has 0 bridgehead atoms. The molecule has 0 amide bonds. The maximum absolute atomic E-state index is 12.1. The predicted octanol–water partition coefficient (Wildman–Crippen LogP) is 3.24. The van der Waals surface area contributed by atoms with Crippen LogP contribution in [0.3, 0.4) is 0 Å². The number of allylic oxidation sites excluding steroid dienone is 2. The third-order valence-corrected chi connectivity index (χ3v) is 3.34. The third-order valence-electron chi connectivity index (χ3n) is 3.34. The number of carbonyl (C=O) groups is 1. The van der Waals surface area contributed by atoms with E-state index >= 15 is 0 Å². The molecule has 15 heavy (non-hydrogen) atoms. The fraction of sp³-hybridized carbons (Fsp3) is 0.692. The molecule has 1 fully saturated rings. The van der Waals surface area contributed by atoms with Gasteiger partial charge in [-0.1, -0.05) is 12.5 Å². The Morgan fingerprint density at radius 1 is 1.53 bits per heavy atom. The summed E-state index contributed by atoms with van der Waals surface area (Å²) >= 11 is 0. The van der Waals surface area contributed by atoms with Gasteiger partial charge < -0.3 is 0 Å². The van der Waals surface area contributed by atoms with Crippen molar-refractivity contribution in [3.63, 3.8) is 0 Å². The molecular weight excluding hydrogens is 186 g/mol. The molecular formula is C13H19NO. The molecule has 0 aliphatic heterocycles. The molecule has 2 nitrogen and oxygen atoms in total. The van der Waals surface area contributed by atoms with Crippen LogP contribution in [-0.2, 0) is 4.79 Å². The van der Waals surface area contributed by atoms with Crippen molar-refractivity contribution in [3.8, 4) is 6.07 Å². The molecule has 0 radical (unpaired) electrons. The molecule has 82 valence electrons. The van der Waals surface area contributed by atoms with Crippen LogP contribution in [0.1, 0.15) is 46.5 Å². The summed E-state index contributed by atoms with van der Waals surface area (Å²) in [7, 11) is 0. The molecule has 1 aliphatic carbocycles. The van der Waals surface area contributed by atoms with Gasteiger partial charge in [0.1, 0.15) is 0 Å². The molecule has 0 aromatic heterocycles. The highest BCUT2D eigenvalue weighted by molar-refractivity contribution is 5.98. The fourth-order valence-electron chi connectivity index (χ4n) is 2.31. The van der Waals surface area contributed by atoms with Crippen LogP contribution in [0.5, 0.6) is 0 Å². The lowest BCUT2D eigenvalue weighted by atomic mass is 9.74. The van der Waals surface area contributed by atoms with E-state index in [4.69, 9.17) is 5.26 Å². The highest BCUT2D eigenvalue weighted by Crippen LogP contribution is 2.34. The zero-order valence-electron chi connectivity index (χ0n) is 9.84. The second-order valence-electron chi connectivity index (χ2n) is 4.66. The fourth-order valence-corrected chi connectivity index (χ4v) is 2.31. The van der Waals surface area contributed by atoms with Crippen molar-refractivity contribution in [2.24, 2.45) is 11.8 Å². The van der Waals surface area contributed by atoms with Crippen molar-refractivity contribution in [2.75, 3.05) is 0 Å². The van der Waals surface area contributed by atoms with Crippen molar-refractivity contribution in [1.29, 1.82) is 5.26 Å². The van der Waals surface area contributed by atoms with Crippen LogP contribution in [0.25, 0.3) is 0 Å². The number of carbonyl (C=O) groups excluding carboxylic acids is 1. The molecule has 1 rings (SSSR count). The summed E-state index contributed by atoms with van der Waals surface area (Å²) in [5.41, 5.74) is 2.16. The largest absolute Gasteiger partial charge is 0.294 e. The van der Waals surface area contributed by atoms with Crippen molar-refractivity contribution < 1.29 is 4.79 Å². The Balaban J connectivity index is 2.80. The molecule has 0 aromatic rings. The minimum Gasteiger partial charge on any atom is -0.294 e. The normalized spacial score (nSPS) is 26.3. The number of ketones is 1. The molecule has 1 unspecified atom stereocenters. The van der Waals surface area contributed by atoms with Gasteiger partial charge in [-0.25, -0.2) is 0 Å². The van der Waals surface area contributed by atoms with Gasteiger partial charge in [-0.05, 0) is 44.6 Å². The number of Topliss-reactive ketones (excluding diaryl/α,β-unsaturated/α-hetero) is 1. The highest BCUT2D eigenvalue weighted by Gasteiger charge is 2.31. The Kier molecular flexibility index (Phi) is 4.08. The van der Waals surface area contributed by atoms with E-state index in [9.17, 15) is 4.79 Å². The van der Waals surface area contributed by atoms with E-state index in [-0.39, 0.29) is 5.92 Å². The summed E-state index contributed by atoms with van der Waals surface area (Å²) in [6, 6.07) is 2.13. The van der Waals surface area contributed by atoms with E-state index in [0.29, 0.717) is 18.1 Å². The summed E-state index contributed by atoms with van der Waals surface area (Å²) in [5, 5.41) is 8.57. The first-order valence-corrected chi connectivity index (χ1v) is 5.65. The summed E-state index contributed by atoms with van der Waals surface area (Å²) < 4.78 is 0. The zero-order valence-corrected chi connectivity index (χ0v) is 9.84. The average Bonchev–Trinajstić information content (AvgIpc) is 2.17. The quantitative estimate of drug-likeness (QED) is 0.649. The maximum Gasteiger partial charge on any atom is 0.162 e. The molecule has 0 saturated heterocycles. The van der Waals surface area contributed by atoms with E-state index in [2.05, 4.69) is 13.0 Å². The van der Waals surface area contributed by atoms with Crippen LogP contribution < -0.4 is 0 Å². The topological polar surface area (TPSA) is 40.9 Å². The number of hydrogen-bond donors (Lipinski definition) is 0. The van der Waals surface area contributed by atoms with Gasteiger partial charge in [-0.15, -0.1) is 0 Å². The minimum atomic E-state index is 0.0864. The lowest BCUT2D eigenvalue weighted by Crippen LogP contribution is -2.29. The van der Waals surface area contributed by atoms with Crippen LogP contribution in [-0.4, -0.2) is 5.78 Å². The zero-order chi connectivity index (χ0) is 11.4. The summed E-state index contributed by atoms with van der Waals surface area (Å²) in [4.78, 5) is 12.1. The summed E-state index contributed by atoms with van der Waals surface area (Å²) in [6.07, 6.45) is 3.23. The molecule has 0 spiro atoms. The number of nitriles is 1. The lowest BCUT2D eigenvalue weighted by Gasteiger charge is -2.29. The minimum absolute atomic E-state index is 0.0864. The first kappa shape index (κ1) is 12.0. The van der Waals surface area contributed by atoms with Gasteiger partial charge in [-0.3, -0.25) is 4.79 Å². The first-order chi connectivity index (χ1) is 7.07. The van der Waals surface area contributed by atoms with Gasteiger partial charge >= 0.3 is 0 Å². The number of hydrogen-bond acceptors (Lipinski definition) is 2. The van der Waals surface area contributed by atoms with Crippen LogP contribution in [0.2, 0.25) is 0 Å². The number of nitrogens with zero attached hydrogens (tertiary/aromatic N) is 1. The molecule has 2 atom stereocenters. The van der Waals surface area contributed by atoms with Gasteiger partial charge in [0.2, 0.25) is 0 Å².